The van der Waals surface area contributed by atoms with Crippen LogP contribution < -0.4 is 4.74 Å². The van der Waals surface area contributed by atoms with E-state index in [-0.39, 0.29) is 23.6 Å². The van der Waals surface area contributed by atoms with Gasteiger partial charge in [0.2, 0.25) is 5.91 Å². The number of hydrogen-bond acceptors (Lipinski definition) is 5. The molecule has 4 rings (SSSR count). The summed E-state index contributed by atoms with van der Waals surface area (Å²) in [6.07, 6.45) is 5.31. The summed E-state index contributed by atoms with van der Waals surface area (Å²) in [4.78, 5) is 38.0. The van der Waals surface area contributed by atoms with Gasteiger partial charge in [0.05, 0.1) is 18.4 Å². The van der Waals surface area contributed by atoms with Crippen molar-refractivity contribution in [2.24, 2.45) is 0 Å². The van der Waals surface area contributed by atoms with Crippen LogP contribution in [-0.4, -0.2) is 63.4 Å². The highest BCUT2D eigenvalue weighted by Crippen LogP contribution is 2.27. The molecule has 28 heavy (non-hydrogen) atoms. The summed E-state index contributed by atoms with van der Waals surface area (Å²) in [6, 6.07) is 8.97. The first-order valence-electron chi connectivity index (χ1n) is 9.72. The molecule has 146 valence electrons. The van der Waals surface area contributed by atoms with Crippen molar-refractivity contribution in [3.05, 3.63) is 54.1 Å². The van der Waals surface area contributed by atoms with Crippen LogP contribution in [0.5, 0.6) is 5.75 Å². The van der Waals surface area contributed by atoms with Crippen LogP contribution in [0.1, 0.15) is 35.4 Å². The number of likely N-dealkylation sites (tertiary alicyclic amines) is 2. The van der Waals surface area contributed by atoms with Gasteiger partial charge in [0.1, 0.15) is 23.6 Å². The first kappa shape index (κ1) is 18.4. The van der Waals surface area contributed by atoms with Crippen LogP contribution in [0.3, 0.4) is 0 Å². The third-order valence-corrected chi connectivity index (χ3v) is 5.27. The number of carbonyl (C=O) groups is 2. The molecule has 1 aromatic carbocycles. The van der Waals surface area contributed by atoms with E-state index in [4.69, 9.17) is 4.74 Å². The van der Waals surface area contributed by atoms with Crippen molar-refractivity contribution in [1.82, 2.24) is 19.8 Å². The van der Waals surface area contributed by atoms with Crippen LogP contribution in [-0.2, 0) is 4.79 Å². The van der Waals surface area contributed by atoms with Crippen molar-refractivity contribution in [2.75, 3.05) is 19.6 Å². The molecule has 0 saturated carbocycles. The van der Waals surface area contributed by atoms with Gasteiger partial charge in [-0.05, 0) is 31.9 Å². The molecule has 3 heterocycles. The Morgan fingerprint density at radius 3 is 2.50 bits per heavy atom. The van der Waals surface area contributed by atoms with Gasteiger partial charge < -0.3 is 14.5 Å². The number of amides is 2. The number of aryl methyl sites for hydroxylation is 1. The maximum absolute atomic E-state index is 13.1. The Balaban J connectivity index is 1.55. The summed E-state index contributed by atoms with van der Waals surface area (Å²) in [6.45, 7) is 3.69. The van der Waals surface area contributed by atoms with Crippen LogP contribution in [0.2, 0.25) is 0 Å². The molecular formula is C21H24N4O3. The molecule has 1 aromatic heterocycles. The monoisotopic (exact) mass is 380 g/mol. The van der Waals surface area contributed by atoms with Crippen molar-refractivity contribution in [3.8, 4) is 5.75 Å². The van der Waals surface area contributed by atoms with Gasteiger partial charge in [-0.2, -0.15) is 0 Å². The molecule has 2 aliphatic heterocycles. The fourth-order valence-electron chi connectivity index (χ4n) is 3.83. The second-order valence-electron chi connectivity index (χ2n) is 7.34. The SMILES string of the molecule is Cc1cnc(C(=O)N2C[C@@H](Oc3ccccc3)C[C@H]2C(=O)N2CCCC2)cn1. The second kappa shape index (κ2) is 7.96. The topological polar surface area (TPSA) is 75.6 Å². The number of carbonyl (C=O) groups excluding carboxylic acids is 2. The predicted octanol–water partition coefficient (Wildman–Crippen LogP) is 2.07. The number of benzene rings is 1. The third-order valence-electron chi connectivity index (χ3n) is 5.27. The van der Waals surface area contributed by atoms with Crippen molar-refractivity contribution in [3.63, 3.8) is 0 Å². The molecule has 0 N–H and O–H groups in total. The van der Waals surface area contributed by atoms with Gasteiger partial charge >= 0.3 is 0 Å². The molecule has 0 radical (unpaired) electrons. The Kier molecular flexibility index (Phi) is 5.23. The summed E-state index contributed by atoms with van der Waals surface area (Å²) in [5, 5.41) is 0. The predicted molar refractivity (Wildman–Crippen MR) is 103 cm³/mol. The molecule has 2 atom stereocenters. The summed E-state index contributed by atoms with van der Waals surface area (Å²) in [7, 11) is 0. The highest BCUT2D eigenvalue weighted by atomic mass is 16.5. The highest BCUT2D eigenvalue weighted by Gasteiger charge is 2.43. The lowest BCUT2D eigenvalue weighted by molar-refractivity contribution is -0.134. The van der Waals surface area contributed by atoms with Gasteiger partial charge in [-0.15, -0.1) is 0 Å². The largest absolute Gasteiger partial charge is 0.488 e. The highest BCUT2D eigenvalue weighted by molar-refractivity contribution is 5.96. The quantitative estimate of drug-likeness (QED) is 0.812. The van der Waals surface area contributed by atoms with Crippen LogP contribution in [0.15, 0.2) is 42.7 Å². The summed E-state index contributed by atoms with van der Waals surface area (Å²) >= 11 is 0. The van der Waals surface area contributed by atoms with Gasteiger partial charge in [-0.3, -0.25) is 14.6 Å². The van der Waals surface area contributed by atoms with Crippen molar-refractivity contribution >= 4 is 11.8 Å². The van der Waals surface area contributed by atoms with E-state index in [1.165, 1.54) is 6.20 Å². The molecule has 0 bridgehead atoms. The van der Waals surface area contributed by atoms with E-state index in [0.29, 0.717) is 13.0 Å². The van der Waals surface area contributed by atoms with E-state index in [0.717, 1.165) is 37.4 Å². The van der Waals surface area contributed by atoms with E-state index < -0.39 is 6.04 Å². The van der Waals surface area contributed by atoms with Crippen molar-refractivity contribution in [2.45, 2.75) is 38.3 Å². The summed E-state index contributed by atoms with van der Waals surface area (Å²) in [5.41, 5.74) is 0.998. The van der Waals surface area contributed by atoms with Crippen LogP contribution in [0, 0.1) is 6.92 Å². The van der Waals surface area contributed by atoms with Gasteiger partial charge in [0.15, 0.2) is 0 Å². The molecular weight excluding hydrogens is 356 g/mol. The molecule has 0 unspecified atom stereocenters. The fraction of sp³-hybridized carbons (Fsp3) is 0.429. The standard InChI is InChI=1S/C21H24N4O3/c1-15-12-23-18(13-22-15)20(26)25-14-17(28-16-7-3-2-4-8-16)11-19(25)21(27)24-9-5-6-10-24/h2-4,7-8,12-13,17,19H,5-6,9-11,14H2,1H3/t17-,19-/m0/s1. The maximum Gasteiger partial charge on any atom is 0.274 e. The zero-order valence-electron chi connectivity index (χ0n) is 16.0. The molecule has 2 saturated heterocycles. The zero-order valence-corrected chi connectivity index (χ0v) is 16.0. The molecule has 2 fully saturated rings. The molecule has 2 aliphatic rings. The second-order valence-corrected chi connectivity index (χ2v) is 7.34. The molecule has 7 heteroatoms. The first-order chi connectivity index (χ1) is 13.6. The van der Waals surface area contributed by atoms with Crippen LogP contribution >= 0.6 is 0 Å². The molecule has 7 nitrogen and oxygen atoms in total. The third kappa shape index (κ3) is 3.83. The Morgan fingerprint density at radius 1 is 1.07 bits per heavy atom. The van der Waals surface area contributed by atoms with E-state index in [2.05, 4.69) is 9.97 Å². The number of hydrogen-bond donors (Lipinski definition) is 0. The minimum atomic E-state index is -0.526. The van der Waals surface area contributed by atoms with Crippen molar-refractivity contribution < 1.29 is 14.3 Å². The molecule has 2 aromatic rings. The smallest absolute Gasteiger partial charge is 0.274 e. The summed E-state index contributed by atoms with van der Waals surface area (Å²) < 4.78 is 6.05. The van der Waals surface area contributed by atoms with E-state index in [1.54, 1.807) is 11.1 Å². The Bertz CT molecular complexity index is 834. The number of rotatable bonds is 4. The number of ether oxygens (including phenoxy) is 1. The lowest BCUT2D eigenvalue weighted by atomic mass is 10.1. The molecule has 0 spiro atoms. The minimum absolute atomic E-state index is 0.00471. The van der Waals surface area contributed by atoms with Gasteiger partial charge in [-0.1, -0.05) is 18.2 Å². The lowest BCUT2D eigenvalue weighted by Gasteiger charge is -2.27. The molecule has 2 amide bonds. The summed E-state index contributed by atoms with van der Waals surface area (Å²) in [5.74, 6) is 0.471. The van der Waals surface area contributed by atoms with Crippen LogP contribution in [0.4, 0.5) is 0 Å². The Morgan fingerprint density at radius 2 is 1.82 bits per heavy atom. The van der Waals surface area contributed by atoms with E-state index >= 15 is 0 Å². The molecule has 0 aliphatic carbocycles. The van der Waals surface area contributed by atoms with Crippen molar-refractivity contribution in [1.29, 1.82) is 0 Å². The first-order valence-corrected chi connectivity index (χ1v) is 9.72. The minimum Gasteiger partial charge on any atom is -0.488 e. The number of para-hydroxylation sites is 1. The fourth-order valence-corrected chi connectivity index (χ4v) is 3.83. The Hall–Kier alpha value is -2.96. The number of nitrogens with zero attached hydrogens (tertiary/aromatic N) is 4. The van der Waals surface area contributed by atoms with Gasteiger partial charge in [-0.25, -0.2) is 4.98 Å². The normalized spacial score (nSPS) is 21.8. The Labute approximate surface area is 164 Å². The zero-order chi connectivity index (χ0) is 19.5. The lowest BCUT2D eigenvalue weighted by Crippen LogP contribution is -2.47. The average molecular weight is 380 g/mol. The van der Waals surface area contributed by atoms with Gasteiger partial charge in [0, 0.05) is 25.7 Å². The maximum atomic E-state index is 13.1. The van der Waals surface area contributed by atoms with Gasteiger partial charge in [0.25, 0.3) is 5.91 Å². The van der Waals surface area contributed by atoms with E-state index in [1.807, 2.05) is 42.2 Å². The average Bonchev–Trinajstić information content (AvgIpc) is 3.39. The van der Waals surface area contributed by atoms with E-state index in [9.17, 15) is 9.59 Å². The van der Waals surface area contributed by atoms with Crippen LogP contribution in [0.25, 0.3) is 0 Å². The number of aromatic nitrogens is 2.